The number of phenols is 1. The summed E-state index contributed by atoms with van der Waals surface area (Å²) < 4.78 is 5.50. The summed E-state index contributed by atoms with van der Waals surface area (Å²) in [5.74, 6) is -0.738. The molecule has 0 aliphatic heterocycles. The van der Waals surface area contributed by atoms with Gasteiger partial charge in [-0.1, -0.05) is 72.3 Å². The van der Waals surface area contributed by atoms with Gasteiger partial charge in [-0.3, -0.25) is 9.59 Å². The molecule has 0 heterocycles. The van der Waals surface area contributed by atoms with Crippen molar-refractivity contribution < 1.29 is 24.2 Å². The highest BCUT2D eigenvalue weighted by Gasteiger charge is 2.38. The summed E-state index contributed by atoms with van der Waals surface area (Å²) in [6, 6.07) is 25.0. The molecule has 0 bridgehead atoms. The lowest BCUT2D eigenvalue weighted by Gasteiger charge is -2.37. The van der Waals surface area contributed by atoms with Crippen molar-refractivity contribution in [2.45, 2.75) is 71.7 Å². The van der Waals surface area contributed by atoms with E-state index < -0.39 is 35.7 Å². The number of alkyl carbamates (subject to hydrolysis) is 1. The van der Waals surface area contributed by atoms with Crippen molar-refractivity contribution >= 4 is 34.4 Å². The Kier molecular flexibility index (Phi) is 9.94. The number of hydrogen-bond acceptors (Lipinski definition) is 5. The first-order chi connectivity index (χ1) is 20.8. The van der Waals surface area contributed by atoms with Gasteiger partial charge in [0.1, 0.15) is 23.4 Å². The van der Waals surface area contributed by atoms with Gasteiger partial charge in [0.25, 0.3) is 5.91 Å². The average Bonchev–Trinajstić information content (AvgIpc) is 2.95. The van der Waals surface area contributed by atoms with Crippen LogP contribution in [0.4, 0.5) is 10.5 Å². The maximum Gasteiger partial charge on any atom is 0.408 e. The van der Waals surface area contributed by atoms with Crippen LogP contribution in [0.15, 0.2) is 91.0 Å². The summed E-state index contributed by atoms with van der Waals surface area (Å²) in [6.07, 6.45) is -0.625. The minimum atomic E-state index is -1.06. The second-order valence-corrected chi connectivity index (χ2v) is 12.3. The normalized spacial score (nSPS) is 12.8. The fourth-order valence-corrected chi connectivity index (χ4v) is 5.13. The van der Waals surface area contributed by atoms with Crippen molar-refractivity contribution in [1.29, 1.82) is 0 Å². The first-order valence-electron chi connectivity index (χ1n) is 14.8. The van der Waals surface area contributed by atoms with Gasteiger partial charge in [0.2, 0.25) is 5.91 Å². The van der Waals surface area contributed by atoms with Crippen LogP contribution in [0.1, 0.15) is 57.4 Å². The standard InChI is InChI=1S/C36H41N3O5/c1-23(2)39(34(42)31(38-35(43)44-36(4,5)6)21-25-14-18-30(40)19-15-25)32(28-13-9-10-24(3)20-28)33(41)37-29-17-16-26-11-7-8-12-27(26)22-29/h7-20,22-23,31-32,40H,21H2,1-6H3,(H,37,41)(H,38,43). The molecule has 44 heavy (non-hydrogen) atoms. The van der Waals surface area contributed by atoms with E-state index in [0.717, 1.165) is 16.3 Å². The number of amides is 3. The van der Waals surface area contributed by atoms with Crippen LogP contribution in [0.5, 0.6) is 5.75 Å². The van der Waals surface area contributed by atoms with Crippen LogP contribution in [0.25, 0.3) is 10.8 Å². The predicted molar refractivity (Wildman–Crippen MR) is 173 cm³/mol. The lowest BCUT2D eigenvalue weighted by molar-refractivity contribution is -0.142. The number of hydrogen-bond donors (Lipinski definition) is 3. The van der Waals surface area contributed by atoms with Gasteiger partial charge < -0.3 is 25.4 Å². The lowest BCUT2D eigenvalue weighted by atomic mass is 9.97. The molecule has 4 aromatic carbocycles. The molecule has 3 N–H and O–H groups in total. The highest BCUT2D eigenvalue weighted by Crippen LogP contribution is 2.29. The summed E-state index contributed by atoms with van der Waals surface area (Å²) >= 11 is 0. The molecule has 4 rings (SSSR count). The Hall–Kier alpha value is -4.85. The highest BCUT2D eigenvalue weighted by molar-refractivity contribution is 6.00. The fraction of sp³-hybridized carbons (Fsp3) is 0.306. The topological polar surface area (TPSA) is 108 Å². The van der Waals surface area contributed by atoms with Gasteiger partial charge in [0.05, 0.1) is 0 Å². The molecular weight excluding hydrogens is 554 g/mol. The summed E-state index contributed by atoms with van der Waals surface area (Å²) in [7, 11) is 0. The molecule has 0 spiro atoms. The van der Waals surface area contributed by atoms with Gasteiger partial charge >= 0.3 is 6.09 Å². The lowest BCUT2D eigenvalue weighted by Crippen LogP contribution is -2.55. The number of nitrogens with one attached hydrogen (secondary N) is 2. The van der Waals surface area contributed by atoms with Crippen molar-refractivity contribution in [2.75, 3.05) is 5.32 Å². The van der Waals surface area contributed by atoms with Crippen LogP contribution < -0.4 is 10.6 Å². The number of ether oxygens (including phenoxy) is 1. The van der Waals surface area contributed by atoms with Crippen molar-refractivity contribution in [3.05, 3.63) is 108 Å². The summed E-state index contributed by atoms with van der Waals surface area (Å²) in [5.41, 5.74) is 2.13. The van der Waals surface area contributed by atoms with E-state index in [-0.39, 0.29) is 18.1 Å². The van der Waals surface area contributed by atoms with Crippen molar-refractivity contribution in [2.24, 2.45) is 0 Å². The number of anilines is 1. The van der Waals surface area contributed by atoms with E-state index in [2.05, 4.69) is 10.6 Å². The molecule has 0 fully saturated rings. The maximum atomic E-state index is 14.5. The smallest absolute Gasteiger partial charge is 0.408 e. The Morgan fingerprint density at radius 3 is 2.18 bits per heavy atom. The van der Waals surface area contributed by atoms with E-state index in [4.69, 9.17) is 4.74 Å². The maximum absolute atomic E-state index is 14.5. The van der Waals surface area contributed by atoms with E-state index in [0.29, 0.717) is 16.8 Å². The van der Waals surface area contributed by atoms with Crippen LogP contribution in [0.2, 0.25) is 0 Å². The second-order valence-electron chi connectivity index (χ2n) is 12.3. The molecular formula is C36H41N3O5. The van der Waals surface area contributed by atoms with Gasteiger partial charge in [0, 0.05) is 18.2 Å². The fourth-order valence-electron chi connectivity index (χ4n) is 5.13. The summed E-state index contributed by atoms with van der Waals surface area (Å²) in [4.78, 5) is 43.2. The number of carbonyl (C=O) groups is 3. The molecule has 0 radical (unpaired) electrons. The molecule has 8 nitrogen and oxygen atoms in total. The number of rotatable bonds is 9. The molecule has 0 saturated carbocycles. The third kappa shape index (κ3) is 8.37. The van der Waals surface area contributed by atoms with Crippen molar-refractivity contribution in [1.82, 2.24) is 10.2 Å². The van der Waals surface area contributed by atoms with Crippen LogP contribution in [0.3, 0.4) is 0 Å². The number of nitrogens with zero attached hydrogens (tertiary/aromatic N) is 1. The van der Waals surface area contributed by atoms with Crippen molar-refractivity contribution in [3.63, 3.8) is 0 Å². The van der Waals surface area contributed by atoms with Gasteiger partial charge in [-0.2, -0.15) is 0 Å². The van der Waals surface area contributed by atoms with E-state index in [9.17, 15) is 19.5 Å². The minimum Gasteiger partial charge on any atom is -0.508 e. The zero-order chi connectivity index (χ0) is 32.0. The number of fused-ring (bicyclic) bond motifs is 1. The molecule has 0 aliphatic carbocycles. The molecule has 2 atom stereocenters. The quantitative estimate of drug-likeness (QED) is 0.195. The molecule has 3 amide bonds. The molecule has 0 saturated heterocycles. The average molecular weight is 596 g/mol. The second kappa shape index (κ2) is 13.6. The monoisotopic (exact) mass is 595 g/mol. The molecule has 0 aromatic heterocycles. The summed E-state index contributed by atoms with van der Waals surface area (Å²) in [6.45, 7) is 10.9. The number of carbonyl (C=O) groups excluding carboxylic acids is 3. The van der Waals surface area contributed by atoms with Crippen LogP contribution in [0, 0.1) is 6.92 Å². The van der Waals surface area contributed by atoms with Crippen LogP contribution in [-0.2, 0) is 20.7 Å². The number of phenolic OH excluding ortho intramolecular Hbond substituents is 1. The largest absolute Gasteiger partial charge is 0.508 e. The predicted octanol–water partition coefficient (Wildman–Crippen LogP) is 6.91. The first-order valence-corrected chi connectivity index (χ1v) is 14.8. The Morgan fingerprint density at radius 2 is 1.55 bits per heavy atom. The Bertz CT molecular complexity index is 1630. The zero-order valence-corrected chi connectivity index (χ0v) is 26.1. The van der Waals surface area contributed by atoms with E-state index in [1.54, 1.807) is 32.9 Å². The molecule has 4 aromatic rings. The minimum absolute atomic E-state index is 0.0883. The third-order valence-electron chi connectivity index (χ3n) is 7.08. The van der Waals surface area contributed by atoms with Crippen LogP contribution >= 0.6 is 0 Å². The van der Waals surface area contributed by atoms with E-state index in [1.165, 1.54) is 17.0 Å². The van der Waals surface area contributed by atoms with Gasteiger partial charge in [-0.25, -0.2) is 4.79 Å². The first kappa shape index (κ1) is 32.1. The Balaban J connectivity index is 1.73. The van der Waals surface area contributed by atoms with Crippen LogP contribution in [-0.4, -0.2) is 45.6 Å². The highest BCUT2D eigenvalue weighted by atomic mass is 16.6. The van der Waals surface area contributed by atoms with E-state index >= 15 is 0 Å². The molecule has 0 aliphatic rings. The summed E-state index contributed by atoms with van der Waals surface area (Å²) in [5, 5.41) is 17.6. The Labute approximate surface area is 259 Å². The van der Waals surface area contributed by atoms with E-state index in [1.807, 2.05) is 87.5 Å². The SMILES string of the molecule is Cc1cccc(C(C(=O)Nc2ccc3ccccc3c2)N(C(=O)C(Cc2ccc(O)cc2)NC(=O)OC(C)(C)C)C(C)C)c1. The third-order valence-corrected chi connectivity index (χ3v) is 7.08. The molecule has 8 heteroatoms. The molecule has 230 valence electrons. The van der Waals surface area contributed by atoms with Crippen molar-refractivity contribution in [3.8, 4) is 5.75 Å². The van der Waals surface area contributed by atoms with Gasteiger partial charge in [-0.05, 0) is 87.7 Å². The zero-order valence-electron chi connectivity index (χ0n) is 26.1. The molecule has 2 unspecified atom stereocenters. The number of aromatic hydroxyl groups is 1. The van der Waals surface area contributed by atoms with Gasteiger partial charge in [-0.15, -0.1) is 0 Å². The van der Waals surface area contributed by atoms with Gasteiger partial charge in [0.15, 0.2) is 0 Å². The number of aryl methyl sites for hydroxylation is 1. The number of benzene rings is 4. The Morgan fingerprint density at radius 1 is 0.864 bits per heavy atom.